The Balaban J connectivity index is 2.82. The standard InChI is InChI=1S/C15H3F11N2O4S2/c16-8-9(17)11(19)13(12(20)10(8)18)34(31,32)28-33(29,30)4-1-6(14(21,22)23)5(3-27)7(2-4)15(24,25)26/h1-2,28H. The second-order valence-corrected chi connectivity index (χ2v) is 9.55. The van der Waals surface area contributed by atoms with Crippen LogP contribution in [-0.4, -0.2) is 16.8 Å². The molecule has 2 aromatic rings. The molecule has 0 aliphatic rings. The minimum Gasteiger partial charge on any atom is -0.206 e. The van der Waals surface area contributed by atoms with Crippen molar-refractivity contribution in [1.82, 2.24) is 4.13 Å². The molecule has 34 heavy (non-hydrogen) atoms. The van der Waals surface area contributed by atoms with Gasteiger partial charge < -0.3 is 0 Å². The van der Waals surface area contributed by atoms with Gasteiger partial charge in [0.1, 0.15) is 6.07 Å². The van der Waals surface area contributed by atoms with Crippen LogP contribution in [0, 0.1) is 40.4 Å². The van der Waals surface area contributed by atoms with Crippen LogP contribution in [0.15, 0.2) is 21.9 Å². The molecule has 0 atom stereocenters. The summed E-state index contributed by atoms with van der Waals surface area (Å²) >= 11 is 0. The van der Waals surface area contributed by atoms with E-state index in [-0.39, 0.29) is 0 Å². The fourth-order valence-electron chi connectivity index (χ4n) is 2.39. The number of nitriles is 1. The van der Waals surface area contributed by atoms with Crippen LogP contribution in [0.4, 0.5) is 48.3 Å². The smallest absolute Gasteiger partial charge is 0.206 e. The normalized spacial score (nSPS) is 13.1. The second-order valence-electron chi connectivity index (χ2n) is 5.99. The molecule has 2 aromatic carbocycles. The number of hydrogen-bond donors (Lipinski definition) is 1. The van der Waals surface area contributed by atoms with Gasteiger partial charge in [-0.15, -0.1) is 4.13 Å². The van der Waals surface area contributed by atoms with Gasteiger partial charge in [0, 0.05) is 0 Å². The summed E-state index contributed by atoms with van der Waals surface area (Å²) in [5, 5.41) is 8.69. The predicted octanol–water partition coefficient (Wildman–Crippen LogP) is 3.96. The molecule has 0 heterocycles. The van der Waals surface area contributed by atoms with Gasteiger partial charge in [0.15, 0.2) is 28.2 Å². The molecule has 0 spiro atoms. The van der Waals surface area contributed by atoms with Crippen molar-refractivity contribution in [2.75, 3.05) is 0 Å². The molecule has 19 heteroatoms. The van der Waals surface area contributed by atoms with E-state index in [1.165, 1.54) is 0 Å². The number of nitrogens with zero attached hydrogens (tertiary/aromatic N) is 1. The number of halogens is 11. The van der Waals surface area contributed by atoms with E-state index in [1.54, 1.807) is 0 Å². The average molecular weight is 548 g/mol. The first-order chi connectivity index (χ1) is 15.2. The van der Waals surface area contributed by atoms with Gasteiger partial charge in [0.05, 0.1) is 21.6 Å². The van der Waals surface area contributed by atoms with Crippen molar-refractivity contribution in [2.24, 2.45) is 0 Å². The lowest BCUT2D eigenvalue weighted by Gasteiger charge is -2.17. The van der Waals surface area contributed by atoms with Crippen molar-refractivity contribution in [1.29, 1.82) is 5.26 Å². The Morgan fingerprint density at radius 1 is 0.676 bits per heavy atom. The number of nitrogens with one attached hydrogen (secondary N) is 1. The molecule has 0 saturated carbocycles. The zero-order valence-electron chi connectivity index (χ0n) is 15.2. The van der Waals surface area contributed by atoms with Crippen molar-refractivity contribution < 1.29 is 65.1 Å². The number of alkyl halides is 6. The van der Waals surface area contributed by atoms with E-state index in [0.29, 0.717) is 10.2 Å². The summed E-state index contributed by atoms with van der Waals surface area (Å²) in [5.41, 5.74) is -7.07. The quantitative estimate of drug-likeness (QED) is 0.354. The van der Waals surface area contributed by atoms with Crippen LogP contribution < -0.4 is 4.13 Å². The molecular formula is C15H3F11N2O4S2. The summed E-state index contributed by atoms with van der Waals surface area (Å²) in [6.07, 6.45) is -11.6. The summed E-state index contributed by atoms with van der Waals surface area (Å²) in [6, 6.07) is -0.643. The molecule has 0 unspecified atom stereocenters. The monoisotopic (exact) mass is 548 g/mol. The van der Waals surface area contributed by atoms with Gasteiger partial charge in [-0.25, -0.2) is 38.8 Å². The first-order valence-corrected chi connectivity index (χ1v) is 10.7. The largest absolute Gasteiger partial charge is 0.417 e. The minimum absolute atomic E-state index is 0.307. The van der Waals surface area contributed by atoms with Crippen LogP contribution in [0.5, 0.6) is 0 Å². The first-order valence-electron chi connectivity index (χ1n) is 7.69. The average Bonchev–Trinajstić information content (AvgIpc) is 2.67. The third-order valence-corrected chi connectivity index (χ3v) is 7.31. The molecule has 2 rings (SSSR count). The van der Waals surface area contributed by atoms with E-state index in [9.17, 15) is 65.1 Å². The zero-order valence-corrected chi connectivity index (χ0v) is 16.8. The number of benzene rings is 2. The van der Waals surface area contributed by atoms with Gasteiger partial charge in [-0.3, -0.25) is 0 Å². The maximum absolute atomic E-state index is 13.7. The molecule has 0 aromatic heterocycles. The lowest BCUT2D eigenvalue weighted by molar-refractivity contribution is -0.143. The molecular weight excluding hydrogens is 545 g/mol. The Kier molecular flexibility index (Phi) is 6.70. The van der Waals surface area contributed by atoms with Gasteiger partial charge in [-0.2, -0.15) is 31.6 Å². The second kappa shape index (κ2) is 8.35. The predicted molar refractivity (Wildman–Crippen MR) is 84.9 cm³/mol. The summed E-state index contributed by atoms with van der Waals surface area (Å²) in [6.45, 7) is 0. The summed E-state index contributed by atoms with van der Waals surface area (Å²) in [5.74, 6) is -14.7. The molecule has 0 saturated heterocycles. The molecule has 0 bridgehead atoms. The van der Waals surface area contributed by atoms with Crippen molar-refractivity contribution >= 4 is 20.0 Å². The van der Waals surface area contributed by atoms with E-state index in [2.05, 4.69) is 0 Å². The molecule has 0 fully saturated rings. The van der Waals surface area contributed by atoms with Gasteiger partial charge in [0.25, 0.3) is 20.0 Å². The number of hydrogen-bond acceptors (Lipinski definition) is 5. The highest BCUT2D eigenvalue weighted by molar-refractivity contribution is 8.04. The van der Waals surface area contributed by atoms with Crippen LogP contribution in [0.3, 0.4) is 0 Å². The SMILES string of the molecule is N#Cc1c(C(F)(F)F)cc(S(=O)(=O)NS(=O)(=O)c2c(F)c(F)c(F)c(F)c2F)cc1C(F)(F)F. The van der Waals surface area contributed by atoms with Gasteiger partial charge >= 0.3 is 12.4 Å². The summed E-state index contributed by atoms with van der Waals surface area (Å²) in [4.78, 5) is -4.91. The maximum atomic E-state index is 13.7. The lowest BCUT2D eigenvalue weighted by atomic mass is 10.0. The van der Waals surface area contributed by atoms with Gasteiger partial charge in [-0.1, -0.05) is 0 Å². The van der Waals surface area contributed by atoms with Crippen LogP contribution in [-0.2, 0) is 32.4 Å². The molecule has 0 aliphatic heterocycles. The molecule has 0 radical (unpaired) electrons. The summed E-state index contributed by atoms with van der Waals surface area (Å²) < 4.78 is 195. The van der Waals surface area contributed by atoms with Crippen molar-refractivity contribution in [2.45, 2.75) is 22.1 Å². The van der Waals surface area contributed by atoms with E-state index in [1.807, 2.05) is 0 Å². The maximum Gasteiger partial charge on any atom is 0.417 e. The Morgan fingerprint density at radius 3 is 1.35 bits per heavy atom. The van der Waals surface area contributed by atoms with E-state index in [0.717, 1.165) is 0 Å². The van der Waals surface area contributed by atoms with E-state index >= 15 is 0 Å². The Morgan fingerprint density at radius 2 is 1.03 bits per heavy atom. The van der Waals surface area contributed by atoms with Crippen LogP contribution in [0.2, 0.25) is 0 Å². The van der Waals surface area contributed by atoms with Gasteiger partial charge in [0.2, 0.25) is 5.82 Å². The third-order valence-electron chi connectivity index (χ3n) is 3.80. The molecule has 1 N–H and O–H groups in total. The topological polar surface area (TPSA) is 104 Å². The molecule has 186 valence electrons. The number of rotatable bonds is 4. The molecule has 0 amide bonds. The van der Waals surface area contributed by atoms with Crippen molar-refractivity contribution in [3.63, 3.8) is 0 Å². The lowest BCUT2D eigenvalue weighted by Crippen LogP contribution is -2.33. The Hall–Kier alpha value is -2.98. The zero-order chi connectivity index (χ0) is 26.6. The Bertz CT molecular complexity index is 1380. The Labute approximate surface area is 181 Å². The molecule has 0 aliphatic carbocycles. The van der Waals surface area contributed by atoms with E-state index < -0.39 is 100 Å². The van der Waals surface area contributed by atoms with Crippen LogP contribution in [0.25, 0.3) is 0 Å². The fourth-order valence-corrected chi connectivity index (χ4v) is 5.46. The highest BCUT2D eigenvalue weighted by Gasteiger charge is 2.44. The van der Waals surface area contributed by atoms with Crippen molar-refractivity contribution in [3.05, 3.63) is 57.9 Å². The van der Waals surface area contributed by atoms with Gasteiger partial charge in [-0.05, 0) is 12.1 Å². The van der Waals surface area contributed by atoms with Crippen molar-refractivity contribution in [3.8, 4) is 6.07 Å². The third kappa shape index (κ3) is 4.78. The summed E-state index contributed by atoms with van der Waals surface area (Å²) in [7, 11) is -12.5. The first kappa shape index (κ1) is 27.3. The molecule has 6 nitrogen and oxygen atoms in total. The highest BCUT2D eigenvalue weighted by Crippen LogP contribution is 2.41. The fraction of sp³-hybridized carbons (Fsp3) is 0.133. The number of sulfonamides is 2. The van der Waals surface area contributed by atoms with Crippen LogP contribution >= 0.6 is 0 Å². The highest BCUT2D eigenvalue weighted by atomic mass is 32.3. The minimum atomic E-state index is -6.36. The van der Waals surface area contributed by atoms with E-state index in [4.69, 9.17) is 5.26 Å². The van der Waals surface area contributed by atoms with Crippen LogP contribution in [0.1, 0.15) is 16.7 Å².